The molecule has 304 valence electrons. The molecule has 4 aromatic rings. The fraction of sp³-hybridized carbons (Fsp3) is 0.273. The van der Waals surface area contributed by atoms with Crippen LogP contribution < -0.4 is 20.0 Å². The Hall–Kier alpha value is -7.36. The van der Waals surface area contributed by atoms with Crippen LogP contribution in [0.3, 0.4) is 0 Å². The maximum atomic E-state index is 15.5. The van der Waals surface area contributed by atoms with Crippen molar-refractivity contribution in [3.63, 3.8) is 0 Å². The number of carbonyl (C=O) groups excluding carboxylic acids is 4. The summed E-state index contributed by atoms with van der Waals surface area (Å²) in [6.07, 6.45) is 3.66. The fourth-order valence-electron chi connectivity index (χ4n) is 10.3. The minimum absolute atomic E-state index is 0.00494. The number of aryl methyl sites for hydroxylation is 1. The average molecular weight is 811 g/mol. The van der Waals surface area contributed by atoms with Gasteiger partial charge in [0.05, 0.1) is 50.7 Å². The third-order valence-corrected chi connectivity index (χ3v) is 12.7. The number of hydrazine groups is 1. The lowest BCUT2D eigenvalue weighted by atomic mass is 9.48. The number of rotatable bonds is 8. The van der Waals surface area contributed by atoms with E-state index in [9.17, 15) is 34.9 Å². The van der Waals surface area contributed by atoms with Crippen LogP contribution in [0.4, 0.5) is 28.4 Å². The summed E-state index contributed by atoms with van der Waals surface area (Å²) < 4.78 is 6.17. The number of nitrogens with zero attached hydrogens (tertiary/aromatic N) is 5. The number of imide groups is 2. The highest BCUT2D eigenvalue weighted by Gasteiger charge is 2.71. The first-order chi connectivity index (χ1) is 28.7. The molecule has 16 heteroatoms. The second kappa shape index (κ2) is 13.9. The first kappa shape index (κ1) is 38.2. The maximum absolute atomic E-state index is 15.5. The van der Waals surface area contributed by atoms with E-state index >= 15 is 9.59 Å². The summed E-state index contributed by atoms with van der Waals surface area (Å²) in [5.41, 5.74) is 3.50. The zero-order valence-corrected chi connectivity index (χ0v) is 32.6. The van der Waals surface area contributed by atoms with E-state index in [-0.39, 0.29) is 36.4 Å². The van der Waals surface area contributed by atoms with Crippen LogP contribution in [-0.2, 0) is 31.0 Å². The van der Waals surface area contributed by atoms with Crippen molar-refractivity contribution in [1.82, 2.24) is 5.01 Å². The number of ether oxygens (including phenoxy) is 1. The van der Waals surface area contributed by atoms with E-state index < -0.39 is 79.9 Å². The lowest BCUT2D eigenvalue weighted by molar-refractivity contribution is -0.392. The average Bonchev–Trinajstić information content (AvgIpc) is 3.61. The zero-order valence-electron chi connectivity index (χ0n) is 32.6. The van der Waals surface area contributed by atoms with Crippen LogP contribution in [0.2, 0.25) is 0 Å². The third kappa shape index (κ3) is 5.57. The number of hydrogen-bond donors (Lipinski definition) is 2. The van der Waals surface area contributed by atoms with Crippen molar-refractivity contribution in [2.45, 2.75) is 31.6 Å². The molecule has 4 amide bonds. The zero-order chi connectivity index (χ0) is 42.4. The Labute approximate surface area is 342 Å². The molecule has 3 heterocycles. The molecule has 4 aromatic carbocycles. The molecule has 9 rings (SSSR count). The number of nitro groups is 2. The Morgan fingerprint density at radius 3 is 2.20 bits per heavy atom. The highest BCUT2D eigenvalue weighted by Crippen LogP contribution is 2.63. The van der Waals surface area contributed by atoms with Crippen molar-refractivity contribution in [1.29, 1.82) is 0 Å². The molecule has 0 radical (unpaired) electrons. The molecule has 60 heavy (non-hydrogen) atoms. The van der Waals surface area contributed by atoms with Crippen molar-refractivity contribution in [2.75, 3.05) is 29.3 Å². The van der Waals surface area contributed by atoms with Crippen LogP contribution in [0.1, 0.15) is 29.5 Å². The summed E-state index contributed by atoms with van der Waals surface area (Å²) in [4.78, 5) is 84.7. The van der Waals surface area contributed by atoms with Gasteiger partial charge in [-0.1, -0.05) is 59.7 Å². The Morgan fingerprint density at radius 2 is 1.55 bits per heavy atom. The first-order valence-corrected chi connectivity index (χ1v) is 19.4. The summed E-state index contributed by atoms with van der Waals surface area (Å²) in [5, 5.41) is 36.1. The van der Waals surface area contributed by atoms with Crippen LogP contribution in [-0.4, -0.2) is 57.7 Å². The Morgan fingerprint density at radius 1 is 0.867 bits per heavy atom. The molecule has 0 unspecified atom stereocenters. The number of phenols is 1. The summed E-state index contributed by atoms with van der Waals surface area (Å²) in [6.45, 7) is 1.91. The molecule has 16 nitrogen and oxygen atoms in total. The molecule has 5 aliphatic rings. The van der Waals surface area contributed by atoms with Crippen molar-refractivity contribution in [3.8, 4) is 11.5 Å². The fourth-order valence-corrected chi connectivity index (χ4v) is 10.3. The standard InChI is InChI=1S/C44H38N6O10/c1-23-9-11-27(12-10-23)45-48-41(53)33-21-32-30(38(44(33,43(48)55)26-7-5-4-6-8-26)25-17-24-18-29(51)13-16-36(24)60-22-25)14-15-31-37(32)42(54)47(40(31)52)28-19-34(49(56)57)39(46(2)3)35(20-28)50(58)59/h4-14,16,18-20,22,31-33,37-38,45,51H,15,17,21H2,1-3H3/t31-,32+,33-,37-,38-,44+/m0/s1. The maximum Gasteiger partial charge on any atom is 0.301 e. The van der Waals surface area contributed by atoms with Crippen LogP contribution in [0.25, 0.3) is 0 Å². The van der Waals surface area contributed by atoms with E-state index in [4.69, 9.17) is 4.74 Å². The van der Waals surface area contributed by atoms with Gasteiger partial charge in [0.1, 0.15) is 11.5 Å². The van der Waals surface area contributed by atoms with Gasteiger partial charge in [0.2, 0.25) is 11.8 Å². The lowest BCUT2D eigenvalue weighted by Gasteiger charge is -2.51. The normalized spacial score (nSPS) is 25.4. The molecule has 2 N–H and O–H groups in total. The molecule has 2 aliphatic carbocycles. The predicted molar refractivity (Wildman–Crippen MR) is 217 cm³/mol. The molecule has 2 saturated heterocycles. The van der Waals surface area contributed by atoms with E-state index in [0.717, 1.165) is 27.6 Å². The number of nitro benzene ring substituents is 2. The Balaban J connectivity index is 1.21. The number of hydrogen-bond acceptors (Lipinski definition) is 12. The first-order valence-electron chi connectivity index (χ1n) is 19.4. The topological polar surface area (TPSA) is 206 Å². The molecular weight excluding hydrogens is 773 g/mol. The van der Waals surface area contributed by atoms with Gasteiger partial charge in [-0.2, -0.15) is 5.01 Å². The van der Waals surface area contributed by atoms with E-state index in [1.165, 1.54) is 25.1 Å². The van der Waals surface area contributed by atoms with Gasteiger partial charge < -0.3 is 14.7 Å². The van der Waals surface area contributed by atoms with Crippen LogP contribution in [0.5, 0.6) is 11.5 Å². The summed E-state index contributed by atoms with van der Waals surface area (Å²) >= 11 is 0. The summed E-state index contributed by atoms with van der Waals surface area (Å²) in [6, 6.07) is 22.9. The number of anilines is 3. The van der Waals surface area contributed by atoms with Gasteiger partial charge in [0, 0.05) is 44.1 Å². The molecule has 6 atom stereocenters. The molecule has 3 aliphatic heterocycles. The predicted octanol–water partition coefficient (Wildman–Crippen LogP) is 6.12. The third-order valence-electron chi connectivity index (χ3n) is 12.7. The molecule has 3 fully saturated rings. The van der Waals surface area contributed by atoms with Gasteiger partial charge in [-0.25, -0.2) is 4.90 Å². The number of allylic oxidation sites excluding steroid dienone is 3. The van der Waals surface area contributed by atoms with Crippen LogP contribution >= 0.6 is 0 Å². The van der Waals surface area contributed by atoms with Crippen molar-refractivity contribution >= 4 is 52.1 Å². The minimum atomic E-state index is -1.57. The monoisotopic (exact) mass is 810 g/mol. The second-order valence-electron chi connectivity index (χ2n) is 16.1. The van der Waals surface area contributed by atoms with Crippen LogP contribution in [0.15, 0.2) is 108 Å². The van der Waals surface area contributed by atoms with Gasteiger partial charge in [-0.3, -0.25) is 44.8 Å². The number of fused-ring (bicyclic) bond motifs is 5. The highest BCUT2D eigenvalue weighted by atomic mass is 16.6. The minimum Gasteiger partial charge on any atom is -0.508 e. The molecule has 0 bridgehead atoms. The molecule has 0 spiro atoms. The van der Waals surface area contributed by atoms with Crippen molar-refractivity contribution in [2.24, 2.45) is 29.6 Å². The largest absolute Gasteiger partial charge is 0.508 e. The number of aromatic hydroxyl groups is 1. The number of phenolic OH excluding ortho intramolecular Hbond substituents is 1. The Kier molecular flexibility index (Phi) is 8.84. The van der Waals surface area contributed by atoms with E-state index in [0.29, 0.717) is 33.7 Å². The van der Waals surface area contributed by atoms with Gasteiger partial charge >= 0.3 is 11.4 Å². The number of carbonyl (C=O) groups is 4. The van der Waals surface area contributed by atoms with Gasteiger partial charge in [0.15, 0.2) is 5.69 Å². The molecular formula is C44H38N6O10. The summed E-state index contributed by atoms with van der Waals surface area (Å²) in [7, 11) is 2.83. The highest BCUT2D eigenvalue weighted by molar-refractivity contribution is 6.23. The van der Waals surface area contributed by atoms with Crippen molar-refractivity contribution < 1.29 is 38.9 Å². The van der Waals surface area contributed by atoms with Crippen LogP contribution in [0, 0.1) is 56.7 Å². The number of amides is 4. The quantitative estimate of drug-likeness (QED) is 0.0893. The number of nitrogens with one attached hydrogen (secondary N) is 1. The molecule has 1 saturated carbocycles. The van der Waals surface area contributed by atoms with Gasteiger partial charge in [-0.05, 0) is 67.2 Å². The van der Waals surface area contributed by atoms with E-state index in [2.05, 4.69) is 5.43 Å². The number of benzene rings is 4. The van der Waals surface area contributed by atoms with E-state index in [1.54, 1.807) is 54.8 Å². The smallest absolute Gasteiger partial charge is 0.301 e. The Bertz CT molecular complexity index is 2590. The SMILES string of the molecule is Cc1ccc(NN2C(=O)[C@@H]3C[C@@H]4C(=CC[C@@H]5C(=O)N(c6cc([N+](=O)[O-])c(N(C)C)c([N+](=O)[O-])c6)C(=O)[C@@H]54)[C@H](C4=COc5ccc(O)cc5C4)[C@]3(c3ccccc3)C2=O)cc1. The van der Waals surface area contributed by atoms with E-state index in [1.807, 2.05) is 31.2 Å². The van der Waals surface area contributed by atoms with Gasteiger partial charge in [-0.15, -0.1) is 0 Å². The van der Waals surface area contributed by atoms with Crippen molar-refractivity contribution in [3.05, 3.63) is 145 Å². The second-order valence-corrected chi connectivity index (χ2v) is 16.1. The van der Waals surface area contributed by atoms with Gasteiger partial charge in [0.25, 0.3) is 11.8 Å². The molecule has 0 aromatic heterocycles. The summed E-state index contributed by atoms with van der Waals surface area (Å²) in [5.74, 6) is -6.74. The lowest BCUT2D eigenvalue weighted by Crippen LogP contribution is -2.55.